The standard InChI is InChI=1S/C15H17N3/c1-11(16)15-7-6-14(8-17-15)18-9-12-4-2-3-5-13(12)10-18/h2-8,11H,9-10,16H2,1H3/t11-/m0/s1. The summed E-state index contributed by atoms with van der Waals surface area (Å²) in [6.45, 7) is 3.89. The number of nitrogens with zero attached hydrogens (tertiary/aromatic N) is 2. The van der Waals surface area contributed by atoms with Crippen LogP contribution < -0.4 is 10.6 Å². The second-order valence-corrected chi connectivity index (χ2v) is 4.85. The van der Waals surface area contributed by atoms with Gasteiger partial charge in [0.15, 0.2) is 0 Å². The zero-order valence-corrected chi connectivity index (χ0v) is 10.5. The van der Waals surface area contributed by atoms with E-state index in [-0.39, 0.29) is 6.04 Å². The smallest absolute Gasteiger partial charge is 0.0569 e. The van der Waals surface area contributed by atoms with Crippen LogP contribution in [-0.4, -0.2) is 4.98 Å². The van der Waals surface area contributed by atoms with E-state index in [2.05, 4.69) is 40.2 Å². The van der Waals surface area contributed by atoms with Crippen LogP contribution in [0.3, 0.4) is 0 Å². The van der Waals surface area contributed by atoms with Gasteiger partial charge in [-0.1, -0.05) is 24.3 Å². The highest BCUT2D eigenvalue weighted by atomic mass is 15.1. The van der Waals surface area contributed by atoms with Gasteiger partial charge in [-0.2, -0.15) is 0 Å². The quantitative estimate of drug-likeness (QED) is 0.876. The minimum atomic E-state index is -0.00479. The van der Waals surface area contributed by atoms with Gasteiger partial charge < -0.3 is 10.6 Å². The third kappa shape index (κ3) is 1.97. The Bertz CT molecular complexity index is 521. The van der Waals surface area contributed by atoms with Gasteiger partial charge in [0, 0.05) is 19.1 Å². The number of aromatic nitrogens is 1. The summed E-state index contributed by atoms with van der Waals surface area (Å²) in [7, 11) is 0. The Morgan fingerprint density at radius 3 is 2.28 bits per heavy atom. The molecule has 0 aliphatic carbocycles. The van der Waals surface area contributed by atoms with Gasteiger partial charge >= 0.3 is 0 Å². The van der Waals surface area contributed by atoms with Gasteiger partial charge in [0.25, 0.3) is 0 Å². The molecule has 1 atom stereocenters. The van der Waals surface area contributed by atoms with Crippen LogP contribution in [0.25, 0.3) is 0 Å². The van der Waals surface area contributed by atoms with Crippen molar-refractivity contribution in [3.63, 3.8) is 0 Å². The van der Waals surface area contributed by atoms with E-state index in [1.807, 2.05) is 19.2 Å². The predicted molar refractivity (Wildman–Crippen MR) is 73.2 cm³/mol. The lowest BCUT2D eigenvalue weighted by atomic mass is 10.1. The summed E-state index contributed by atoms with van der Waals surface area (Å²) in [4.78, 5) is 6.75. The summed E-state index contributed by atoms with van der Waals surface area (Å²) in [6, 6.07) is 12.7. The van der Waals surface area contributed by atoms with Crippen LogP contribution in [0.15, 0.2) is 42.6 Å². The average molecular weight is 239 g/mol. The highest BCUT2D eigenvalue weighted by Gasteiger charge is 2.18. The fourth-order valence-corrected chi connectivity index (χ4v) is 2.37. The van der Waals surface area contributed by atoms with E-state index in [0.717, 1.165) is 24.5 Å². The number of hydrogen-bond acceptors (Lipinski definition) is 3. The Hall–Kier alpha value is -1.87. The van der Waals surface area contributed by atoms with Gasteiger partial charge in [-0.25, -0.2) is 0 Å². The summed E-state index contributed by atoms with van der Waals surface area (Å²) in [5.74, 6) is 0. The number of nitrogens with two attached hydrogens (primary N) is 1. The maximum Gasteiger partial charge on any atom is 0.0569 e. The predicted octanol–water partition coefficient (Wildman–Crippen LogP) is 2.62. The minimum absolute atomic E-state index is 0.00479. The van der Waals surface area contributed by atoms with E-state index in [1.54, 1.807) is 0 Å². The number of anilines is 1. The molecule has 0 bridgehead atoms. The topological polar surface area (TPSA) is 42.1 Å². The fraction of sp³-hybridized carbons (Fsp3) is 0.267. The number of hydrogen-bond donors (Lipinski definition) is 1. The summed E-state index contributed by atoms with van der Waals surface area (Å²) in [5, 5.41) is 0. The molecular weight excluding hydrogens is 222 g/mol. The largest absolute Gasteiger partial charge is 0.362 e. The van der Waals surface area contributed by atoms with E-state index in [0.29, 0.717) is 0 Å². The fourth-order valence-electron chi connectivity index (χ4n) is 2.37. The molecule has 18 heavy (non-hydrogen) atoms. The Morgan fingerprint density at radius 1 is 1.11 bits per heavy atom. The molecule has 0 spiro atoms. The zero-order chi connectivity index (χ0) is 12.5. The molecule has 1 aromatic carbocycles. The number of rotatable bonds is 2. The molecule has 92 valence electrons. The summed E-state index contributed by atoms with van der Waals surface area (Å²) in [5.41, 5.74) is 10.7. The van der Waals surface area contributed by atoms with Gasteiger partial charge in [-0.15, -0.1) is 0 Å². The first-order valence-corrected chi connectivity index (χ1v) is 6.27. The van der Waals surface area contributed by atoms with E-state index in [1.165, 1.54) is 11.1 Å². The molecule has 0 radical (unpaired) electrons. The highest BCUT2D eigenvalue weighted by molar-refractivity contribution is 5.50. The molecule has 2 aromatic rings. The first-order chi connectivity index (χ1) is 8.74. The molecule has 1 aromatic heterocycles. The molecular formula is C15H17N3. The van der Waals surface area contributed by atoms with Crippen LogP contribution in [0.5, 0.6) is 0 Å². The van der Waals surface area contributed by atoms with Gasteiger partial charge in [0.2, 0.25) is 0 Å². The van der Waals surface area contributed by atoms with Crippen LogP contribution in [0.4, 0.5) is 5.69 Å². The van der Waals surface area contributed by atoms with Crippen molar-refractivity contribution in [2.45, 2.75) is 26.1 Å². The normalized spacial score (nSPS) is 15.6. The van der Waals surface area contributed by atoms with Crippen LogP contribution in [-0.2, 0) is 13.1 Å². The molecule has 0 saturated carbocycles. The van der Waals surface area contributed by atoms with E-state index in [9.17, 15) is 0 Å². The molecule has 1 aliphatic rings. The van der Waals surface area contributed by atoms with Crippen molar-refractivity contribution in [3.8, 4) is 0 Å². The summed E-state index contributed by atoms with van der Waals surface area (Å²) >= 11 is 0. The first kappa shape index (κ1) is 11.2. The van der Waals surface area contributed by atoms with Gasteiger partial charge in [0.1, 0.15) is 0 Å². The van der Waals surface area contributed by atoms with Crippen LogP contribution >= 0.6 is 0 Å². The molecule has 3 rings (SSSR count). The van der Waals surface area contributed by atoms with Gasteiger partial charge in [0.05, 0.1) is 17.6 Å². The van der Waals surface area contributed by atoms with E-state index in [4.69, 9.17) is 5.73 Å². The molecule has 0 unspecified atom stereocenters. The van der Waals surface area contributed by atoms with Crippen molar-refractivity contribution < 1.29 is 0 Å². The number of pyridine rings is 1. The molecule has 3 heteroatoms. The number of fused-ring (bicyclic) bond motifs is 1. The zero-order valence-electron chi connectivity index (χ0n) is 10.5. The lowest BCUT2D eigenvalue weighted by Gasteiger charge is -2.17. The lowest BCUT2D eigenvalue weighted by Crippen LogP contribution is -2.15. The SMILES string of the molecule is C[C@H](N)c1ccc(N2Cc3ccccc3C2)cn1. The van der Waals surface area contributed by atoms with Crippen molar-refractivity contribution >= 4 is 5.69 Å². The van der Waals surface area contributed by atoms with E-state index < -0.39 is 0 Å². The van der Waals surface area contributed by atoms with Crippen molar-refractivity contribution in [1.29, 1.82) is 0 Å². The second kappa shape index (κ2) is 4.42. The Kier molecular flexibility index (Phi) is 2.76. The van der Waals surface area contributed by atoms with Crippen molar-refractivity contribution in [3.05, 3.63) is 59.4 Å². The molecule has 2 heterocycles. The Morgan fingerprint density at radius 2 is 1.78 bits per heavy atom. The monoisotopic (exact) mass is 239 g/mol. The van der Waals surface area contributed by atoms with Gasteiger partial charge in [-0.05, 0) is 30.2 Å². The van der Waals surface area contributed by atoms with Crippen LogP contribution in [0.1, 0.15) is 29.8 Å². The van der Waals surface area contributed by atoms with Crippen molar-refractivity contribution in [1.82, 2.24) is 4.98 Å². The first-order valence-electron chi connectivity index (χ1n) is 6.27. The van der Waals surface area contributed by atoms with Gasteiger partial charge in [-0.3, -0.25) is 4.98 Å². The molecule has 0 saturated heterocycles. The third-order valence-corrected chi connectivity index (χ3v) is 3.44. The van der Waals surface area contributed by atoms with Crippen LogP contribution in [0, 0.1) is 0 Å². The Labute approximate surface area is 107 Å². The lowest BCUT2D eigenvalue weighted by molar-refractivity contribution is 0.777. The maximum absolute atomic E-state index is 5.81. The molecule has 0 fully saturated rings. The second-order valence-electron chi connectivity index (χ2n) is 4.85. The van der Waals surface area contributed by atoms with Crippen molar-refractivity contribution in [2.24, 2.45) is 5.73 Å². The molecule has 3 nitrogen and oxygen atoms in total. The average Bonchev–Trinajstić information content (AvgIpc) is 2.82. The van der Waals surface area contributed by atoms with Crippen molar-refractivity contribution in [2.75, 3.05) is 4.90 Å². The summed E-state index contributed by atoms with van der Waals surface area (Å²) < 4.78 is 0. The number of benzene rings is 1. The highest BCUT2D eigenvalue weighted by Crippen LogP contribution is 2.27. The summed E-state index contributed by atoms with van der Waals surface area (Å²) in [6.07, 6.45) is 1.92. The van der Waals surface area contributed by atoms with Crippen LogP contribution in [0.2, 0.25) is 0 Å². The molecule has 1 aliphatic heterocycles. The molecule has 2 N–H and O–H groups in total. The molecule has 0 amide bonds. The third-order valence-electron chi connectivity index (χ3n) is 3.44. The Balaban J connectivity index is 1.82. The maximum atomic E-state index is 5.81. The minimum Gasteiger partial charge on any atom is -0.362 e. The van der Waals surface area contributed by atoms with E-state index >= 15 is 0 Å².